The standard InChI is InChI=1S/C25H32O4S/c1-16-17(2)20(23(26)27)9-7-18(16)11-14-30(28,29)19-8-10-21-22(15-19)25(5,6)13-12-24(21,3)4/h7-10,15H,11-14H2,1-6H3,(H,26,27). The second-order valence-corrected chi connectivity index (χ2v) is 12.0. The Kier molecular flexibility index (Phi) is 5.65. The second-order valence-electron chi connectivity index (χ2n) is 9.87. The van der Waals surface area contributed by atoms with Gasteiger partial charge in [-0.1, -0.05) is 39.8 Å². The normalized spacial score (nSPS) is 17.4. The quantitative estimate of drug-likeness (QED) is 0.695. The van der Waals surface area contributed by atoms with Gasteiger partial charge in [0.2, 0.25) is 0 Å². The van der Waals surface area contributed by atoms with E-state index in [-0.39, 0.29) is 22.1 Å². The molecule has 30 heavy (non-hydrogen) atoms. The molecule has 2 aromatic carbocycles. The van der Waals surface area contributed by atoms with E-state index in [9.17, 15) is 18.3 Å². The van der Waals surface area contributed by atoms with Crippen molar-refractivity contribution in [3.05, 3.63) is 63.7 Å². The van der Waals surface area contributed by atoms with E-state index >= 15 is 0 Å². The number of fused-ring (bicyclic) bond motifs is 1. The van der Waals surface area contributed by atoms with Gasteiger partial charge < -0.3 is 5.11 Å². The first-order valence-corrected chi connectivity index (χ1v) is 12.1. The summed E-state index contributed by atoms with van der Waals surface area (Å²) < 4.78 is 26.3. The largest absolute Gasteiger partial charge is 0.478 e. The molecule has 0 aliphatic heterocycles. The van der Waals surface area contributed by atoms with Crippen LogP contribution in [0.4, 0.5) is 0 Å². The van der Waals surface area contributed by atoms with Crippen LogP contribution in [0.2, 0.25) is 0 Å². The molecular formula is C25H32O4S. The van der Waals surface area contributed by atoms with E-state index in [2.05, 4.69) is 27.7 Å². The first-order chi connectivity index (χ1) is 13.8. The van der Waals surface area contributed by atoms with Gasteiger partial charge in [0.25, 0.3) is 0 Å². The van der Waals surface area contributed by atoms with Crippen LogP contribution in [0, 0.1) is 13.8 Å². The average molecular weight is 429 g/mol. The summed E-state index contributed by atoms with van der Waals surface area (Å²) >= 11 is 0. The summed E-state index contributed by atoms with van der Waals surface area (Å²) in [5.74, 6) is -0.961. The predicted molar refractivity (Wildman–Crippen MR) is 120 cm³/mol. The Morgan fingerprint density at radius 3 is 2.13 bits per heavy atom. The van der Waals surface area contributed by atoms with E-state index in [1.165, 1.54) is 5.56 Å². The molecule has 0 radical (unpaired) electrons. The molecule has 1 aliphatic rings. The summed E-state index contributed by atoms with van der Waals surface area (Å²) in [6, 6.07) is 8.94. The fourth-order valence-electron chi connectivity index (χ4n) is 4.50. The Morgan fingerprint density at radius 1 is 0.933 bits per heavy atom. The number of carboxylic acid groups (broad SMARTS) is 1. The average Bonchev–Trinajstić information content (AvgIpc) is 2.66. The zero-order valence-corrected chi connectivity index (χ0v) is 19.6. The highest BCUT2D eigenvalue weighted by Gasteiger charge is 2.37. The third kappa shape index (κ3) is 4.04. The van der Waals surface area contributed by atoms with Gasteiger partial charge in [0.05, 0.1) is 16.2 Å². The van der Waals surface area contributed by atoms with Crippen molar-refractivity contribution in [2.24, 2.45) is 0 Å². The molecule has 0 fully saturated rings. The maximum Gasteiger partial charge on any atom is 0.335 e. The Bertz CT molecular complexity index is 1110. The van der Waals surface area contributed by atoms with E-state index < -0.39 is 15.8 Å². The lowest BCUT2D eigenvalue weighted by atomic mass is 9.63. The fourth-order valence-corrected chi connectivity index (χ4v) is 5.80. The number of carbonyl (C=O) groups is 1. The predicted octanol–water partition coefficient (Wildman–Crippen LogP) is 5.37. The molecular weight excluding hydrogens is 396 g/mol. The Morgan fingerprint density at radius 2 is 1.53 bits per heavy atom. The van der Waals surface area contributed by atoms with Crippen molar-refractivity contribution in [1.82, 2.24) is 0 Å². The summed E-state index contributed by atoms with van der Waals surface area (Å²) in [7, 11) is -3.45. The summed E-state index contributed by atoms with van der Waals surface area (Å²) in [5, 5.41) is 9.27. The molecule has 0 aromatic heterocycles. The van der Waals surface area contributed by atoms with E-state index in [4.69, 9.17) is 0 Å². The van der Waals surface area contributed by atoms with Crippen LogP contribution in [0.15, 0.2) is 35.2 Å². The minimum atomic E-state index is -3.45. The molecule has 0 unspecified atom stereocenters. The van der Waals surface area contributed by atoms with Crippen molar-refractivity contribution in [3.8, 4) is 0 Å². The topological polar surface area (TPSA) is 71.4 Å². The molecule has 1 N–H and O–H groups in total. The van der Waals surface area contributed by atoms with Crippen molar-refractivity contribution in [2.45, 2.75) is 76.5 Å². The molecule has 0 saturated carbocycles. The summed E-state index contributed by atoms with van der Waals surface area (Å²) in [6.45, 7) is 12.4. The van der Waals surface area contributed by atoms with Crippen molar-refractivity contribution in [2.75, 3.05) is 5.75 Å². The molecule has 2 aromatic rings. The third-order valence-corrected chi connectivity index (χ3v) is 8.67. The van der Waals surface area contributed by atoms with Gasteiger partial charge in [0.1, 0.15) is 0 Å². The van der Waals surface area contributed by atoms with E-state index in [1.807, 2.05) is 19.1 Å². The zero-order chi connectivity index (χ0) is 22.5. The van der Waals surface area contributed by atoms with E-state index in [0.717, 1.165) is 29.5 Å². The molecule has 0 bridgehead atoms. The van der Waals surface area contributed by atoms with E-state index in [1.54, 1.807) is 25.1 Å². The summed E-state index contributed by atoms with van der Waals surface area (Å²) in [6.07, 6.45) is 2.48. The highest BCUT2D eigenvalue weighted by atomic mass is 32.2. The molecule has 0 atom stereocenters. The molecule has 1 aliphatic carbocycles. The third-order valence-electron chi connectivity index (χ3n) is 6.95. The number of rotatable bonds is 5. The van der Waals surface area contributed by atoms with Crippen molar-refractivity contribution in [3.63, 3.8) is 0 Å². The molecule has 0 saturated heterocycles. The van der Waals surface area contributed by atoms with Gasteiger partial charge in [0, 0.05) is 0 Å². The number of aromatic carboxylic acids is 1. The van der Waals surface area contributed by atoms with Gasteiger partial charge in [-0.3, -0.25) is 0 Å². The lowest BCUT2D eigenvalue weighted by Crippen LogP contribution is -2.34. The molecule has 5 heteroatoms. The van der Waals surface area contributed by atoms with Gasteiger partial charge >= 0.3 is 5.97 Å². The van der Waals surface area contributed by atoms with Gasteiger partial charge in [0.15, 0.2) is 9.84 Å². The Balaban J connectivity index is 1.91. The van der Waals surface area contributed by atoms with Crippen molar-refractivity contribution >= 4 is 15.8 Å². The van der Waals surface area contributed by atoms with Gasteiger partial charge in [-0.05, 0) is 90.0 Å². The van der Waals surface area contributed by atoms with Crippen molar-refractivity contribution < 1.29 is 18.3 Å². The molecule has 0 spiro atoms. The minimum absolute atomic E-state index is 0.00229. The number of hydrogen-bond acceptors (Lipinski definition) is 3. The number of sulfone groups is 1. The van der Waals surface area contributed by atoms with Gasteiger partial charge in [-0.2, -0.15) is 0 Å². The zero-order valence-electron chi connectivity index (χ0n) is 18.8. The Hall–Kier alpha value is -2.14. The van der Waals surface area contributed by atoms with Crippen LogP contribution in [0.25, 0.3) is 0 Å². The van der Waals surface area contributed by atoms with Crippen LogP contribution < -0.4 is 0 Å². The van der Waals surface area contributed by atoms with Crippen LogP contribution >= 0.6 is 0 Å². The highest BCUT2D eigenvalue weighted by molar-refractivity contribution is 7.91. The second kappa shape index (κ2) is 7.52. The molecule has 0 heterocycles. The van der Waals surface area contributed by atoms with Crippen molar-refractivity contribution in [1.29, 1.82) is 0 Å². The van der Waals surface area contributed by atoms with Crippen LogP contribution in [0.5, 0.6) is 0 Å². The molecule has 3 rings (SSSR count). The highest BCUT2D eigenvalue weighted by Crippen LogP contribution is 2.46. The monoisotopic (exact) mass is 428 g/mol. The van der Waals surface area contributed by atoms with E-state index in [0.29, 0.717) is 16.9 Å². The fraction of sp³-hybridized carbons (Fsp3) is 0.480. The van der Waals surface area contributed by atoms with Gasteiger partial charge in [-0.15, -0.1) is 0 Å². The maximum absolute atomic E-state index is 13.1. The maximum atomic E-state index is 13.1. The molecule has 0 amide bonds. The minimum Gasteiger partial charge on any atom is -0.478 e. The van der Waals surface area contributed by atoms with Crippen LogP contribution in [-0.2, 0) is 27.1 Å². The SMILES string of the molecule is Cc1c(CCS(=O)(=O)c2ccc3c(c2)C(C)(C)CCC3(C)C)ccc(C(=O)O)c1C. The van der Waals surface area contributed by atoms with Crippen LogP contribution in [-0.4, -0.2) is 25.2 Å². The Labute approximate surface area is 180 Å². The van der Waals surface area contributed by atoms with Crippen LogP contribution in [0.3, 0.4) is 0 Å². The van der Waals surface area contributed by atoms with Gasteiger partial charge in [-0.25, -0.2) is 13.2 Å². The number of benzene rings is 2. The number of hydrogen-bond donors (Lipinski definition) is 1. The molecule has 4 nitrogen and oxygen atoms in total. The number of aryl methyl sites for hydroxylation is 1. The first-order valence-electron chi connectivity index (χ1n) is 10.5. The lowest BCUT2D eigenvalue weighted by Gasteiger charge is -2.42. The summed E-state index contributed by atoms with van der Waals surface area (Å²) in [4.78, 5) is 11.7. The lowest BCUT2D eigenvalue weighted by molar-refractivity contribution is 0.0696. The number of carboxylic acids is 1. The first kappa shape index (κ1) is 22.5. The molecule has 162 valence electrons. The summed E-state index contributed by atoms with van der Waals surface area (Å²) in [5.41, 5.74) is 5.06. The smallest absolute Gasteiger partial charge is 0.335 e. The van der Waals surface area contributed by atoms with Crippen LogP contribution in [0.1, 0.15) is 78.7 Å².